The normalized spacial score (nSPS) is 10.6. The summed E-state index contributed by atoms with van der Waals surface area (Å²) in [4.78, 5) is 13.5. The van der Waals surface area contributed by atoms with Gasteiger partial charge in [0.1, 0.15) is 0 Å². The molecule has 0 aromatic rings. The summed E-state index contributed by atoms with van der Waals surface area (Å²) in [5.74, 6) is 1.28. The fourth-order valence-electron chi connectivity index (χ4n) is 1.21. The summed E-state index contributed by atoms with van der Waals surface area (Å²) in [5.41, 5.74) is 0. The van der Waals surface area contributed by atoms with Crippen LogP contribution in [0.2, 0.25) is 0 Å². The van der Waals surface area contributed by atoms with Crippen LogP contribution in [0.3, 0.4) is 0 Å². The van der Waals surface area contributed by atoms with Gasteiger partial charge in [-0.1, -0.05) is 13.8 Å². The van der Waals surface area contributed by atoms with Crippen molar-refractivity contribution in [3.63, 3.8) is 0 Å². The summed E-state index contributed by atoms with van der Waals surface area (Å²) < 4.78 is 4.97. The van der Waals surface area contributed by atoms with E-state index in [0.29, 0.717) is 31.2 Å². The van der Waals surface area contributed by atoms with Crippen molar-refractivity contribution >= 4 is 18.5 Å². The first-order chi connectivity index (χ1) is 6.61. The molecule has 0 unspecified atom stereocenters. The molecule has 0 heterocycles. The maximum absolute atomic E-state index is 11.6. The summed E-state index contributed by atoms with van der Waals surface area (Å²) in [6.45, 7) is 6.30. The molecule has 3 nitrogen and oxygen atoms in total. The molecule has 0 aliphatic heterocycles. The molecule has 0 aliphatic rings. The molecule has 0 aromatic carbocycles. The topological polar surface area (TPSA) is 29.5 Å². The van der Waals surface area contributed by atoms with Crippen molar-refractivity contribution in [3.05, 3.63) is 0 Å². The standard InChI is InChI=1S/C10H21NO2S/c1-9(2)8-11(5-6-13-3)10(12)4-7-14/h9,14H,4-8H2,1-3H3. The highest BCUT2D eigenvalue weighted by Crippen LogP contribution is 2.02. The second-order valence-electron chi connectivity index (χ2n) is 3.70. The van der Waals surface area contributed by atoms with E-state index in [-0.39, 0.29) is 5.91 Å². The minimum Gasteiger partial charge on any atom is -0.383 e. The number of rotatable bonds is 7. The van der Waals surface area contributed by atoms with Crippen LogP contribution in [-0.2, 0) is 9.53 Å². The van der Waals surface area contributed by atoms with Crippen LogP contribution >= 0.6 is 12.6 Å². The SMILES string of the molecule is COCCN(CC(C)C)C(=O)CCS. The smallest absolute Gasteiger partial charge is 0.223 e. The Hall–Kier alpha value is -0.220. The van der Waals surface area contributed by atoms with Crippen LogP contribution < -0.4 is 0 Å². The van der Waals surface area contributed by atoms with Gasteiger partial charge in [-0.2, -0.15) is 12.6 Å². The number of ether oxygens (including phenoxy) is 1. The van der Waals surface area contributed by atoms with Crippen molar-refractivity contribution in [3.8, 4) is 0 Å². The highest BCUT2D eigenvalue weighted by atomic mass is 32.1. The summed E-state index contributed by atoms with van der Waals surface area (Å²) in [5, 5.41) is 0. The Labute approximate surface area is 92.2 Å². The molecule has 0 spiro atoms. The fraction of sp³-hybridized carbons (Fsp3) is 0.900. The first kappa shape index (κ1) is 13.8. The molecule has 0 rings (SSSR count). The largest absolute Gasteiger partial charge is 0.383 e. The second-order valence-corrected chi connectivity index (χ2v) is 4.15. The van der Waals surface area contributed by atoms with E-state index in [2.05, 4.69) is 26.5 Å². The van der Waals surface area contributed by atoms with E-state index in [4.69, 9.17) is 4.74 Å². The minimum absolute atomic E-state index is 0.172. The zero-order valence-corrected chi connectivity index (χ0v) is 10.2. The average Bonchev–Trinajstić information content (AvgIpc) is 2.12. The molecule has 0 N–H and O–H groups in total. The molecular formula is C10H21NO2S. The zero-order valence-electron chi connectivity index (χ0n) is 9.32. The third kappa shape index (κ3) is 6.27. The Balaban J connectivity index is 4.01. The van der Waals surface area contributed by atoms with Crippen LogP contribution in [0.25, 0.3) is 0 Å². The first-order valence-corrected chi connectivity index (χ1v) is 5.62. The van der Waals surface area contributed by atoms with E-state index >= 15 is 0 Å². The third-order valence-corrected chi connectivity index (χ3v) is 2.05. The molecule has 0 aliphatic carbocycles. The second kappa shape index (κ2) is 8.12. The number of nitrogens with zero attached hydrogens (tertiary/aromatic N) is 1. The number of hydrogen-bond donors (Lipinski definition) is 1. The van der Waals surface area contributed by atoms with Crippen LogP contribution in [0.5, 0.6) is 0 Å². The van der Waals surface area contributed by atoms with Crippen molar-refractivity contribution in [2.24, 2.45) is 5.92 Å². The van der Waals surface area contributed by atoms with Crippen LogP contribution in [0, 0.1) is 5.92 Å². The number of carbonyl (C=O) groups excluding carboxylic acids is 1. The van der Waals surface area contributed by atoms with Gasteiger partial charge in [-0.15, -0.1) is 0 Å². The molecule has 0 aromatic heterocycles. The molecule has 0 bridgehead atoms. The molecule has 84 valence electrons. The van der Waals surface area contributed by atoms with Crippen molar-refractivity contribution < 1.29 is 9.53 Å². The van der Waals surface area contributed by atoms with E-state index in [1.807, 2.05) is 4.90 Å². The predicted molar refractivity (Wildman–Crippen MR) is 61.8 cm³/mol. The number of carbonyl (C=O) groups is 1. The molecule has 0 saturated heterocycles. The lowest BCUT2D eigenvalue weighted by Crippen LogP contribution is -2.36. The van der Waals surface area contributed by atoms with Crippen LogP contribution in [0.1, 0.15) is 20.3 Å². The minimum atomic E-state index is 0.172. The molecule has 4 heteroatoms. The Kier molecular flexibility index (Phi) is 7.99. The van der Waals surface area contributed by atoms with Crippen LogP contribution in [0.15, 0.2) is 0 Å². The average molecular weight is 219 g/mol. The van der Waals surface area contributed by atoms with Crippen molar-refractivity contribution in [2.75, 3.05) is 32.6 Å². The van der Waals surface area contributed by atoms with Gasteiger partial charge in [0.25, 0.3) is 0 Å². The Morgan fingerprint density at radius 3 is 2.57 bits per heavy atom. The molecule has 0 saturated carbocycles. The van der Waals surface area contributed by atoms with Gasteiger partial charge in [0.2, 0.25) is 5.91 Å². The Bertz CT molecular complexity index is 162. The summed E-state index contributed by atoms with van der Waals surface area (Å²) in [7, 11) is 1.65. The summed E-state index contributed by atoms with van der Waals surface area (Å²) in [6, 6.07) is 0. The van der Waals surface area contributed by atoms with E-state index in [0.717, 1.165) is 6.54 Å². The first-order valence-electron chi connectivity index (χ1n) is 4.99. The lowest BCUT2D eigenvalue weighted by molar-refractivity contribution is -0.131. The highest BCUT2D eigenvalue weighted by molar-refractivity contribution is 7.80. The van der Waals surface area contributed by atoms with Gasteiger partial charge < -0.3 is 9.64 Å². The van der Waals surface area contributed by atoms with Crippen LogP contribution in [-0.4, -0.2) is 43.4 Å². The molecule has 1 amide bonds. The van der Waals surface area contributed by atoms with E-state index in [1.54, 1.807) is 7.11 Å². The summed E-state index contributed by atoms with van der Waals surface area (Å²) in [6.07, 6.45) is 0.513. The molecule has 14 heavy (non-hydrogen) atoms. The van der Waals surface area contributed by atoms with Crippen LogP contribution in [0.4, 0.5) is 0 Å². The Morgan fingerprint density at radius 1 is 1.50 bits per heavy atom. The van der Waals surface area contributed by atoms with Crippen molar-refractivity contribution in [2.45, 2.75) is 20.3 Å². The predicted octanol–water partition coefficient (Wildman–Crippen LogP) is 1.44. The van der Waals surface area contributed by atoms with Gasteiger partial charge in [-0.05, 0) is 11.7 Å². The zero-order chi connectivity index (χ0) is 11.0. The number of methoxy groups -OCH3 is 1. The van der Waals surface area contributed by atoms with E-state index < -0.39 is 0 Å². The van der Waals surface area contributed by atoms with E-state index in [9.17, 15) is 4.79 Å². The van der Waals surface area contributed by atoms with Gasteiger partial charge in [-0.25, -0.2) is 0 Å². The molecule has 0 fully saturated rings. The highest BCUT2D eigenvalue weighted by Gasteiger charge is 2.13. The number of hydrogen-bond acceptors (Lipinski definition) is 3. The lowest BCUT2D eigenvalue weighted by atomic mass is 10.2. The fourth-order valence-corrected chi connectivity index (χ4v) is 1.41. The number of thiol groups is 1. The maximum atomic E-state index is 11.6. The van der Waals surface area contributed by atoms with E-state index in [1.165, 1.54) is 0 Å². The van der Waals surface area contributed by atoms with Gasteiger partial charge in [0, 0.05) is 26.6 Å². The van der Waals surface area contributed by atoms with Gasteiger partial charge in [0.05, 0.1) is 6.61 Å². The maximum Gasteiger partial charge on any atom is 0.223 e. The lowest BCUT2D eigenvalue weighted by Gasteiger charge is -2.24. The van der Waals surface area contributed by atoms with Gasteiger partial charge in [0.15, 0.2) is 0 Å². The van der Waals surface area contributed by atoms with Crippen molar-refractivity contribution in [1.29, 1.82) is 0 Å². The molecular weight excluding hydrogens is 198 g/mol. The Morgan fingerprint density at radius 2 is 2.14 bits per heavy atom. The molecule has 0 radical (unpaired) electrons. The van der Waals surface area contributed by atoms with Crippen molar-refractivity contribution in [1.82, 2.24) is 4.90 Å². The number of amides is 1. The van der Waals surface area contributed by atoms with Gasteiger partial charge in [-0.3, -0.25) is 4.79 Å². The van der Waals surface area contributed by atoms with Gasteiger partial charge >= 0.3 is 0 Å². The summed E-state index contributed by atoms with van der Waals surface area (Å²) >= 11 is 4.06. The molecule has 0 atom stereocenters. The third-order valence-electron chi connectivity index (χ3n) is 1.83. The monoisotopic (exact) mass is 219 g/mol. The quantitative estimate of drug-likeness (QED) is 0.657.